The molecule has 0 aromatic heterocycles. The monoisotopic (exact) mass is 353 g/mol. The lowest BCUT2D eigenvalue weighted by molar-refractivity contribution is 0.228. The molecule has 0 bridgehead atoms. The van der Waals surface area contributed by atoms with Crippen LogP contribution >= 0.6 is 0 Å². The van der Waals surface area contributed by atoms with E-state index >= 15 is 0 Å². The van der Waals surface area contributed by atoms with Crippen LogP contribution in [0.5, 0.6) is 11.5 Å². The summed E-state index contributed by atoms with van der Waals surface area (Å²) in [5.41, 5.74) is 4.02. The van der Waals surface area contributed by atoms with Crippen molar-refractivity contribution in [1.29, 1.82) is 0 Å². The van der Waals surface area contributed by atoms with Crippen LogP contribution in [-0.2, 0) is 13.0 Å². The number of aliphatic hydroxyl groups excluding tert-OH is 1. The molecule has 1 saturated heterocycles. The third-order valence-electron chi connectivity index (χ3n) is 5.76. The fourth-order valence-corrected chi connectivity index (χ4v) is 4.45. The first-order valence-corrected chi connectivity index (χ1v) is 9.41. The van der Waals surface area contributed by atoms with Crippen molar-refractivity contribution in [2.45, 2.75) is 44.9 Å². The lowest BCUT2D eigenvalue weighted by Crippen LogP contribution is -2.35. The minimum absolute atomic E-state index is 0.449. The summed E-state index contributed by atoms with van der Waals surface area (Å²) in [6, 6.07) is 7.05. The summed E-state index contributed by atoms with van der Waals surface area (Å²) in [5, 5.41) is 12.1. The molecular weight excluding hydrogens is 326 g/mol. The Labute approximate surface area is 155 Å². The van der Waals surface area contributed by atoms with Gasteiger partial charge in [-0.15, -0.1) is 0 Å². The zero-order valence-electron chi connectivity index (χ0n) is 15.8. The smallest absolute Gasteiger partial charge is 0.161 e. The van der Waals surface area contributed by atoms with Crippen molar-refractivity contribution < 1.29 is 14.6 Å². The number of aliphatic hydroxyl groups is 1. The molecular formula is C22H27NO3. The summed E-state index contributed by atoms with van der Waals surface area (Å²) in [4.78, 5) is 2.61. The average molecular weight is 353 g/mol. The Kier molecular flexibility index (Phi) is 4.63. The number of benzene rings is 2. The second-order valence-corrected chi connectivity index (χ2v) is 7.42. The Balaban J connectivity index is 1.93. The predicted octanol–water partition coefficient (Wildman–Crippen LogP) is 3.77. The second kappa shape index (κ2) is 6.93. The highest BCUT2D eigenvalue weighted by Crippen LogP contribution is 2.40. The van der Waals surface area contributed by atoms with Crippen LogP contribution in [0.2, 0.25) is 0 Å². The molecule has 2 aromatic rings. The first-order chi connectivity index (χ1) is 12.6. The Morgan fingerprint density at radius 2 is 1.92 bits per heavy atom. The third kappa shape index (κ3) is 2.97. The summed E-state index contributed by atoms with van der Waals surface area (Å²) < 4.78 is 11.1. The molecule has 4 heteroatoms. The normalized spacial score (nSPS) is 21.0. The first kappa shape index (κ1) is 17.4. The molecule has 0 radical (unpaired) electrons. The molecule has 2 atom stereocenters. The van der Waals surface area contributed by atoms with Gasteiger partial charge in [-0.05, 0) is 78.4 Å². The van der Waals surface area contributed by atoms with Crippen molar-refractivity contribution in [1.82, 2.24) is 4.90 Å². The Morgan fingerprint density at radius 1 is 1.15 bits per heavy atom. The van der Waals surface area contributed by atoms with Gasteiger partial charge in [-0.2, -0.15) is 0 Å². The summed E-state index contributed by atoms with van der Waals surface area (Å²) in [7, 11) is 3.36. The number of hydrogen-bond donors (Lipinski definition) is 1. The second-order valence-electron chi connectivity index (χ2n) is 7.42. The number of nitrogens with zero attached hydrogens (tertiary/aromatic N) is 1. The van der Waals surface area contributed by atoms with E-state index in [4.69, 9.17) is 9.47 Å². The summed E-state index contributed by atoms with van der Waals surface area (Å²) in [6.45, 7) is 3.96. The molecule has 2 heterocycles. The van der Waals surface area contributed by atoms with Gasteiger partial charge in [0, 0.05) is 12.6 Å². The maximum atomic E-state index is 9.70. The van der Waals surface area contributed by atoms with E-state index in [0.29, 0.717) is 6.04 Å². The molecule has 0 aliphatic carbocycles. The van der Waals surface area contributed by atoms with Crippen LogP contribution in [0.15, 0.2) is 24.3 Å². The van der Waals surface area contributed by atoms with Crippen LogP contribution < -0.4 is 9.47 Å². The van der Waals surface area contributed by atoms with Crippen LogP contribution in [-0.4, -0.2) is 42.9 Å². The molecule has 4 rings (SSSR count). The van der Waals surface area contributed by atoms with E-state index in [0.717, 1.165) is 29.9 Å². The van der Waals surface area contributed by atoms with E-state index in [1.165, 1.54) is 41.5 Å². The molecule has 0 spiro atoms. The number of hydrogen-bond acceptors (Lipinski definition) is 4. The van der Waals surface area contributed by atoms with Gasteiger partial charge in [0.05, 0.1) is 20.3 Å². The van der Waals surface area contributed by atoms with Crippen molar-refractivity contribution in [3.63, 3.8) is 0 Å². The molecule has 26 heavy (non-hydrogen) atoms. The van der Waals surface area contributed by atoms with Gasteiger partial charge in [0.25, 0.3) is 0 Å². The highest BCUT2D eigenvalue weighted by Gasteiger charge is 2.32. The maximum absolute atomic E-state index is 9.70. The minimum Gasteiger partial charge on any atom is -0.493 e. The molecule has 138 valence electrons. The van der Waals surface area contributed by atoms with E-state index in [-0.39, 0.29) is 0 Å². The molecule has 2 unspecified atom stereocenters. The van der Waals surface area contributed by atoms with Crippen molar-refractivity contribution in [3.05, 3.63) is 41.0 Å². The molecule has 0 saturated carbocycles. The summed E-state index contributed by atoms with van der Waals surface area (Å²) in [5.74, 6) is 1.53. The van der Waals surface area contributed by atoms with Gasteiger partial charge in [-0.25, -0.2) is 0 Å². The standard InChI is InChI=1S/C22H27NO3/c1-14(24)6-7-15-9-16-10-21(25-2)22(26-3)12-18(16)19-11-17-5-4-8-23(17)13-20(15)19/h6-7,9-10,12,14,17,24H,4-5,8,11,13H2,1-3H3/b7-6-. The number of fused-ring (bicyclic) bond motifs is 4. The van der Waals surface area contributed by atoms with Crippen LogP contribution in [0.3, 0.4) is 0 Å². The van der Waals surface area contributed by atoms with Crippen molar-refractivity contribution in [3.8, 4) is 11.5 Å². The van der Waals surface area contributed by atoms with Crippen LogP contribution in [0.4, 0.5) is 0 Å². The summed E-state index contributed by atoms with van der Waals surface area (Å²) >= 11 is 0. The Morgan fingerprint density at radius 3 is 2.65 bits per heavy atom. The zero-order chi connectivity index (χ0) is 18.3. The largest absolute Gasteiger partial charge is 0.493 e. The number of rotatable bonds is 4. The zero-order valence-corrected chi connectivity index (χ0v) is 15.8. The van der Waals surface area contributed by atoms with Crippen LogP contribution in [0.25, 0.3) is 16.8 Å². The van der Waals surface area contributed by atoms with Gasteiger partial charge >= 0.3 is 0 Å². The van der Waals surface area contributed by atoms with E-state index in [2.05, 4.69) is 29.2 Å². The van der Waals surface area contributed by atoms with Crippen LogP contribution in [0.1, 0.15) is 36.5 Å². The fraction of sp³-hybridized carbons (Fsp3) is 0.455. The molecule has 1 N–H and O–H groups in total. The van der Waals surface area contributed by atoms with Crippen LogP contribution in [0, 0.1) is 0 Å². The molecule has 2 aromatic carbocycles. The molecule has 2 aliphatic rings. The quantitative estimate of drug-likeness (QED) is 0.908. The lowest BCUT2D eigenvalue weighted by Gasteiger charge is -2.33. The fourth-order valence-electron chi connectivity index (χ4n) is 4.45. The molecule has 2 aliphatic heterocycles. The number of methoxy groups -OCH3 is 2. The summed E-state index contributed by atoms with van der Waals surface area (Å²) in [6.07, 6.45) is 7.12. The topological polar surface area (TPSA) is 41.9 Å². The molecule has 0 amide bonds. The maximum Gasteiger partial charge on any atom is 0.161 e. The van der Waals surface area contributed by atoms with Gasteiger partial charge in [0.15, 0.2) is 11.5 Å². The average Bonchev–Trinajstić information content (AvgIpc) is 3.10. The van der Waals surface area contributed by atoms with Gasteiger partial charge in [-0.1, -0.05) is 12.2 Å². The van der Waals surface area contributed by atoms with Gasteiger partial charge in [-0.3, -0.25) is 4.90 Å². The highest BCUT2D eigenvalue weighted by molar-refractivity contribution is 5.92. The Bertz CT molecular complexity index is 856. The lowest BCUT2D eigenvalue weighted by atomic mass is 9.86. The Hall–Kier alpha value is -2.04. The van der Waals surface area contributed by atoms with E-state index in [1.807, 2.05) is 6.08 Å². The highest BCUT2D eigenvalue weighted by atomic mass is 16.5. The minimum atomic E-state index is -0.449. The van der Waals surface area contributed by atoms with E-state index in [9.17, 15) is 5.11 Å². The third-order valence-corrected chi connectivity index (χ3v) is 5.76. The van der Waals surface area contributed by atoms with Crippen molar-refractivity contribution >= 4 is 16.8 Å². The van der Waals surface area contributed by atoms with E-state index < -0.39 is 6.10 Å². The number of ether oxygens (including phenoxy) is 2. The first-order valence-electron chi connectivity index (χ1n) is 9.41. The van der Waals surface area contributed by atoms with Crippen molar-refractivity contribution in [2.24, 2.45) is 0 Å². The SMILES string of the molecule is COc1cc2cc(/C=C\C(C)O)c3c(c2cc1OC)CC1CCCN1C3. The van der Waals surface area contributed by atoms with Gasteiger partial charge < -0.3 is 14.6 Å². The molecule has 1 fully saturated rings. The van der Waals surface area contributed by atoms with Gasteiger partial charge in [0.2, 0.25) is 0 Å². The predicted molar refractivity (Wildman–Crippen MR) is 105 cm³/mol. The molecule has 4 nitrogen and oxygen atoms in total. The van der Waals surface area contributed by atoms with Crippen molar-refractivity contribution in [2.75, 3.05) is 20.8 Å². The van der Waals surface area contributed by atoms with Gasteiger partial charge in [0.1, 0.15) is 0 Å². The van der Waals surface area contributed by atoms with E-state index in [1.54, 1.807) is 21.1 Å².